The van der Waals surface area contributed by atoms with E-state index < -0.39 is 0 Å². The average Bonchev–Trinajstić information content (AvgIpc) is 2.26. The van der Waals surface area contributed by atoms with Crippen LogP contribution in [0.2, 0.25) is 0 Å². The molecule has 14 heavy (non-hydrogen) atoms. The van der Waals surface area contributed by atoms with E-state index in [0.717, 1.165) is 32.7 Å². The summed E-state index contributed by atoms with van der Waals surface area (Å²) in [5, 5.41) is 3.13. The molecule has 2 fully saturated rings. The monoisotopic (exact) mass is 198 g/mol. The van der Waals surface area contributed by atoms with Crippen LogP contribution in [-0.4, -0.2) is 49.7 Å². The predicted octanol–water partition coefficient (Wildman–Crippen LogP) is -0.157. The Balaban J connectivity index is 1.95. The molecule has 80 valence electrons. The van der Waals surface area contributed by atoms with Crippen molar-refractivity contribution < 1.29 is 9.53 Å². The maximum atomic E-state index is 12.0. The molecule has 2 saturated heterocycles. The zero-order valence-electron chi connectivity index (χ0n) is 8.66. The van der Waals surface area contributed by atoms with Gasteiger partial charge in [-0.15, -0.1) is 0 Å². The van der Waals surface area contributed by atoms with Crippen LogP contribution in [0.25, 0.3) is 0 Å². The summed E-state index contributed by atoms with van der Waals surface area (Å²) in [6, 6.07) is 0.241. The van der Waals surface area contributed by atoms with Crippen LogP contribution in [0.3, 0.4) is 0 Å². The van der Waals surface area contributed by atoms with Crippen molar-refractivity contribution >= 4 is 5.91 Å². The van der Waals surface area contributed by atoms with Crippen LogP contribution in [0.15, 0.2) is 0 Å². The Morgan fingerprint density at radius 3 is 2.93 bits per heavy atom. The molecule has 1 N–H and O–H groups in total. The van der Waals surface area contributed by atoms with Crippen molar-refractivity contribution in [3.05, 3.63) is 0 Å². The van der Waals surface area contributed by atoms with Crippen molar-refractivity contribution in [1.82, 2.24) is 10.2 Å². The lowest BCUT2D eigenvalue weighted by Crippen LogP contribution is -2.54. The third-order valence-corrected chi connectivity index (χ3v) is 2.99. The van der Waals surface area contributed by atoms with Crippen LogP contribution in [-0.2, 0) is 9.53 Å². The topological polar surface area (TPSA) is 41.6 Å². The molecule has 0 spiro atoms. The zero-order chi connectivity index (χ0) is 9.97. The minimum Gasteiger partial charge on any atom is -0.379 e. The Bertz CT molecular complexity index is 216. The van der Waals surface area contributed by atoms with E-state index in [-0.39, 0.29) is 12.0 Å². The minimum absolute atomic E-state index is 0.218. The first kappa shape index (κ1) is 9.93. The normalized spacial score (nSPS) is 29.5. The van der Waals surface area contributed by atoms with Crippen molar-refractivity contribution in [2.24, 2.45) is 5.92 Å². The van der Waals surface area contributed by atoms with Gasteiger partial charge in [-0.3, -0.25) is 4.79 Å². The van der Waals surface area contributed by atoms with Gasteiger partial charge in [0.15, 0.2) is 0 Å². The molecule has 1 amide bonds. The SMILES string of the molecule is CC1COCCCN1C(=O)C1CNC1. The van der Waals surface area contributed by atoms with E-state index >= 15 is 0 Å². The van der Waals surface area contributed by atoms with Gasteiger partial charge in [0.25, 0.3) is 0 Å². The second-order valence-corrected chi connectivity index (χ2v) is 4.16. The molecule has 1 unspecified atom stereocenters. The highest BCUT2D eigenvalue weighted by Gasteiger charge is 2.32. The second-order valence-electron chi connectivity index (χ2n) is 4.16. The van der Waals surface area contributed by atoms with Gasteiger partial charge >= 0.3 is 0 Å². The van der Waals surface area contributed by atoms with Crippen molar-refractivity contribution in [1.29, 1.82) is 0 Å². The quantitative estimate of drug-likeness (QED) is 0.637. The number of nitrogens with one attached hydrogen (secondary N) is 1. The molecule has 0 bridgehead atoms. The Morgan fingerprint density at radius 1 is 1.50 bits per heavy atom. The fourth-order valence-electron chi connectivity index (χ4n) is 1.93. The summed E-state index contributed by atoms with van der Waals surface area (Å²) in [5.41, 5.74) is 0. The summed E-state index contributed by atoms with van der Waals surface area (Å²) in [4.78, 5) is 14.0. The molecule has 0 aromatic carbocycles. The van der Waals surface area contributed by atoms with Crippen LogP contribution in [0.5, 0.6) is 0 Å². The van der Waals surface area contributed by atoms with Gasteiger partial charge in [-0.25, -0.2) is 0 Å². The molecule has 0 aromatic heterocycles. The number of rotatable bonds is 1. The molecule has 1 atom stereocenters. The summed E-state index contributed by atoms with van der Waals surface area (Å²) < 4.78 is 5.41. The van der Waals surface area contributed by atoms with Gasteiger partial charge in [0.1, 0.15) is 0 Å². The predicted molar refractivity (Wildman–Crippen MR) is 53.0 cm³/mol. The zero-order valence-corrected chi connectivity index (χ0v) is 8.66. The lowest BCUT2D eigenvalue weighted by Gasteiger charge is -2.34. The van der Waals surface area contributed by atoms with Crippen LogP contribution >= 0.6 is 0 Å². The molecule has 0 saturated carbocycles. The van der Waals surface area contributed by atoms with Gasteiger partial charge in [-0.1, -0.05) is 0 Å². The second kappa shape index (κ2) is 4.28. The molecule has 0 radical (unpaired) electrons. The summed E-state index contributed by atoms with van der Waals surface area (Å²) in [6.45, 7) is 6.10. The third-order valence-electron chi connectivity index (χ3n) is 2.99. The Labute approximate surface area is 84.6 Å². The highest BCUT2D eigenvalue weighted by molar-refractivity contribution is 5.80. The first-order valence-corrected chi connectivity index (χ1v) is 5.38. The smallest absolute Gasteiger partial charge is 0.228 e. The molecule has 4 nitrogen and oxygen atoms in total. The van der Waals surface area contributed by atoms with Crippen molar-refractivity contribution in [3.63, 3.8) is 0 Å². The van der Waals surface area contributed by atoms with Gasteiger partial charge in [0.2, 0.25) is 5.91 Å². The third kappa shape index (κ3) is 1.91. The molecule has 2 aliphatic heterocycles. The van der Waals surface area contributed by atoms with E-state index in [4.69, 9.17) is 4.74 Å². The van der Waals surface area contributed by atoms with Gasteiger partial charge in [-0.2, -0.15) is 0 Å². The van der Waals surface area contributed by atoms with E-state index in [2.05, 4.69) is 12.2 Å². The van der Waals surface area contributed by atoms with E-state index in [1.807, 2.05) is 4.90 Å². The molecular weight excluding hydrogens is 180 g/mol. The van der Waals surface area contributed by atoms with Gasteiger partial charge in [0, 0.05) is 26.2 Å². The van der Waals surface area contributed by atoms with Crippen molar-refractivity contribution in [3.8, 4) is 0 Å². The fourth-order valence-corrected chi connectivity index (χ4v) is 1.93. The van der Waals surface area contributed by atoms with E-state index in [9.17, 15) is 4.79 Å². The standard InChI is InChI=1S/C10H18N2O2/c1-8-7-14-4-2-3-12(8)10(13)9-5-11-6-9/h8-9,11H,2-7H2,1H3. The fraction of sp³-hybridized carbons (Fsp3) is 0.900. The lowest BCUT2D eigenvalue weighted by atomic mass is 10.0. The first-order valence-electron chi connectivity index (χ1n) is 5.38. The number of carbonyl (C=O) groups excluding carboxylic acids is 1. The molecular formula is C10H18N2O2. The van der Waals surface area contributed by atoms with Gasteiger partial charge < -0.3 is 15.0 Å². The van der Waals surface area contributed by atoms with Crippen molar-refractivity contribution in [2.75, 3.05) is 32.8 Å². The summed E-state index contributed by atoms with van der Waals surface area (Å²) in [5.74, 6) is 0.525. The lowest BCUT2D eigenvalue weighted by molar-refractivity contribution is -0.139. The number of amides is 1. The summed E-state index contributed by atoms with van der Waals surface area (Å²) >= 11 is 0. The molecule has 0 aliphatic carbocycles. The number of hydrogen-bond acceptors (Lipinski definition) is 3. The molecule has 2 heterocycles. The first-order chi connectivity index (χ1) is 6.79. The molecule has 0 aromatic rings. The van der Waals surface area contributed by atoms with E-state index in [1.165, 1.54) is 0 Å². The highest BCUT2D eigenvalue weighted by atomic mass is 16.5. The number of hydrogen-bond donors (Lipinski definition) is 1. The Morgan fingerprint density at radius 2 is 2.29 bits per heavy atom. The van der Waals surface area contributed by atoms with Crippen LogP contribution in [0.4, 0.5) is 0 Å². The van der Waals surface area contributed by atoms with Crippen LogP contribution < -0.4 is 5.32 Å². The average molecular weight is 198 g/mol. The maximum Gasteiger partial charge on any atom is 0.228 e. The van der Waals surface area contributed by atoms with Gasteiger partial charge in [0.05, 0.1) is 18.6 Å². The Kier molecular flexibility index (Phi) is 3.03. The van der Waals surface area contributed by atoms with E-state index in [1.54, 1.807) is 0 Å². The van der Waals surface area contributed by atoms with Gasteiger partial charge in [-0.05, 0) is 13.3 Å². The molecule has 4 heteroatoms. The maximum absolute atomic E-state index is 12.0. The minimum atomic E-state index is 0.218. The summed E-state index contributed by atoms with van der Waals surface area (Å²) in [6.07, 6.45) is 0.968. The van der Waals surface area contributed by atoms with E-state index in [0.29, 0.717) is 12.5 Å². The van der Waals surface area contributed by atoms with Crippen LogP contribution in [0, 0.1) is 5.92 Å². The highest BCUT2D eigenvalue weighted by Crippen LogP contribution is 2.14. The molecule has 2 aliphatic rings. The Hall–Kier alpha value is -0.610. The number of ether oxygens (including phenoxy) is 1. The number of carbonyl (C=O) groups is 1. The van der Waals surface area contributed by atoms with Crippen molar-refractivity contribution in [2.45, 2.75) is 19.4 Å². The van der Waals surface area contributed by atoms with Crippen LogP contribution in [0.1, 0.15) is 13.3 Å². The molecule has 2 rings (SSSR count). The largest absolute Gasteiger partial charge is 0.379 e. The number of nitrogens with zero attached hydrogens (tertiary/aromatic N) is 1. The summed E-state index contributed by atoms with van der Waals surface area (Å²) in [7, 11) is 0.